The Bertz CT molecular complexity index is 495. The zero-order valence-electron chi connectivity index (χ0n) is 16.4. The first-order chi connectivity index (χ1) is 12.3. The van der Waals surface area contributed by atoms with E-state index in [9.17, 15) is 0 Å². The molecule has 1 aromatic carbocycles. The molecule has 2 aliphatic carbocycles. The van der Waals surface area contributed by atoms with Gasteiger partial charge in [-0.3, -0.25) is 0 Å². The van der Waals surface area contributed by atoms with Gasteiger partial charge in [-0.2, -0.15) is 0 Å². The van der Waals surface area contributed by atoms with E-state index in [0.29, 0.717) is 0 Å². The minimum atomic E-state index is 0.809. The molecular formula is C25H38. The van der Waals surface area contributed by atoms with E-state index >= 15 is 0 Å². The predicted molar refractivity (Wildman–Crippen MR) is 110 cm³/mol. The molecule has 2 fully saturated rings. The van der Waals surface area contributed by atoms with E-state index in [0.717, 1.165) is 17.8 Å². The Kier molecular flexibility index (Phi) is 7.64. The van der Waals surface area contributed by atoms with E-state index in [1.165, 1.54) is 89.0 Å². The quantitative estimate of drug-likeness (QED) is 0.351. The largest absolute Gasteiger partial charge is 0.0851 e. The molecule has 0 bridgehead atoms. The summed E-state index contributed by atoms with van der Waals surface area (Å²) in [5.41, 5.74) is 3.12. The highest BCUT2D eigenvalue weighted by Crippen LogP contribution is 2.37. The molecule has 1 aromatic rings. The average molecular weight is 339 g/mol. The normalized spacial score (nSPS) is 25.5. The van der Waals surface area contributed by atoms with E-state index in [4.69, 9.17) is 0 Å². The van der Waals surface area contributed by atoms with Crippen LogP contribution in [0.4, 0.5) is 0 Å². The summed E-state index contributed by atoms with van der Waals surface area (Å²) in [4.78, 5) is 0. The van der Waals surface area contributed by atoms with Gasteiger partial charge in [-0.1, -0.05) is 75.4 Å². The van der Waals surface area contributed by atoms with Crippen LogP contribution in [0.1, 0.15) is 101 Å². The van der Waals surface area contributed by atoms with Gasteiger partial charge in [-0.25, -0.2) is 0 Å². The van der Waals surface area contributed by atoms with Crippen LogP contribution < -0.4 is 0 Å². The lowest BCUT2D eigenvalue weighted by Crippen LogP contribution is -2.12. The van der Waals surface area contributed by atoms with Gasteiger partial charge >= 0.3 is 0 Å². The average Bonchev–Trinajstić information content (AvgIpc) is 2.68. The molecule has 25 heavy (non-hydrogen) atoms. The Morgan fingerprint density at radius 2 is 1.40 bits per heavy atom. The van der Waals surface area contributed by atoms with Gasteiger partial charge in [0.1, 0.15) is 0 Å². The SMILES string of the molecule is CCCCCc1ccc([C@H]2CC[C@H](/C=C/C3CCCCC3)CC2)cc1. The van der Waals surface area contributed by atoms with Crippen LogP contribution in [-0.4, -0.2) is 0 Å². The van der Waals surface area contributed by atoms with Crippen LogP contribution in [0.3, 0.4) is 0 Å². The highest BCUT2D eigenvalue weighted by Gasteiger charge is 2.21. The molecular weight excluding hydrogens is 300 g/mol. The molecule has 138 valence electrons. The molecule has 0 aliphatic heterocycles. The Morgan fingerprint density at radius 3 is 2.04 bits per heavy atom. The fourth-order valence-corrected chi connectivity index (χ4v) is 4.82. The molecule has 0 atom stereocenters. The fourth-order valence-electron chi connectivity index (χ4n) is 4.82. The molecule has 0 radical (unpaired) electrons. The standard InChI is InChI=1S/C25H38/c1-2-3-5-8-22-13-17-24(18-14-22)25-19-15-23(16-20-25)12-11-21-9-6-4-7-10-21/h11-14,17-18,21,23,25H,2-10,15-16,19-20H2,1H3/b12-11+/t23-,25-. The third kappa shape index (κ3) is 6.01. The lowest BCUT2D eigenvalue weighted by Gasteiger charge is -2.28. The van der Waals surface area contributed by atoms with Crippen molar-refractivity contribution in [2.45, 2.75) is 96.3 Å². The molecule has 2 saturated carbocycles. The van der Waals surface area contributed by atoms with Crippen molar-refractivity contribution in [3.8, 4) is 0 Å². The second-order valence-corrected chi connectivity index (χ2v) is 8.59. The lowest BCUT2D eigenvalue weighted by atomic mass is 9.78. The molecule has 0 heterocycles. The van der Waals surface area contributed by atoms with Crippen molar-refractivity contribution in [3.05, 3.63) is 47.5 Å². The van der Waals surface area contributed by atoms with E-state index < -0.39 is 0 Å². The van der Waals surface area contributed by atoms with Gasteiger partial charge in [0, 0.05) is 0 Å². The van der Waals surface area contributed by atoms with Crippen molar-refractivity contribution in [2.75, 3.05) is 0 Å². The molecule has 0 heteroatoms. The topological polar surface area (TPSA) is 0 Å². The first kappa shape index (κ1) is 18.7. The van der Waals surface area contributed by atoms with Crippen LogP contribution in [0.15, 0.2) is 36.4 Å². The molecule has 0 aromatic heterocycles. The molecule has 0 N–H and O–H groups in total. The van der Waals surface area contributed by atoms with Crippen molar-refractivity contribution >= 4 is 0 Å². The second kappa shape index (κ2) is 10.2. The monoisotopic (exact) mass is 338 g/mol. The van der Waals surface area contributed by atoms with E-state index in [-0.39, 0.29) is 0 Å². The summed E-state index contributed by atoms with van der Waals surface area (Å²) in [5.74, 6) is 2.56. The summed E-state index contributed by atoms with van der Waals surface area (Å²) >= 11 is 0. The van der Waals surface area contributed by atoms with Crippen LogP contribution >= 0.6 is 0 Å². The summed E-state index contributed by atoms with van der Waals surface area (Å²) in [5, 5.41) is 0. The summed E-state index contributed by atoms with van der Waals surface area (Å²) in [6, 6.07) is 9.62. The molecule has 0 unspecified atom stereocenters. The lowest BCUT2D eigenvalue weighted by molar-refractivity contribution is 0.370. The maximum Gasteiger partial charge on any atom is -0.0162 e. The number of aryl methyl sites for hydroxylation is 1. The Labute approximate surface area is 156 Å². The molecule has 0 saturated heterocycles. The minimum absolute atomic E-state index is 0.809. The van der Waals surface area contributed by atoms with Crippen molar-refractivity contribution in [1.29, 1.82) is 0 Å². The van der Waals surface area contributed by atoms with E-state index in [1.54, 1.807) is 5.56 Å². The van der Waals surface area contributed by atoms with Gasteiger partial charge in [0.15, 0.2) is 0 Å². The molecule has 0 spiro atoms. The summed E-state index contributed by atoms with van der Waals surface area (Å²) in [6.45, 7) is 2.28. The third-order valence-corrected chi connectivity index (χ3v) is 6.60. The fraction of sp³-hybridized carbons (Fsp3) is 0.680. The predicted octanol–water partition coefficient (Wildman–Crippen LogP) is 7.83. The molecule has 2 aliphatic rings. The highest BCUT2D eigenvalue weighted by molar-refractivity contribution is 5.26. The highest BCUT2D eigenvalue weighted by atomic mass is 14.3. The summed E-state index contributed by atoms with van der Waals surface area (Å²) in [7, 11) is 0. The molecule has 0 amide bonds. The minimum Gasteiger partial charge on any atom is -0.0851 e. The van der Waals surface area contributed by atoms with Gasteiger partial charge in [-0.15, -0.1) is 0 Å². The van der Waals surface area contributed by atoms with E-state index in [2.05, 4.69) is 43.3 Å². The number of benzene rings is 1. The van der Waals surface area contributed by atoms with E-state index in [1.807, 2.05) is 0 Å². The third-order valence-electron chi connectivity index (χ3n) is 6.60. The van der Waals surface area contributed by atoms with Crippen molar-refractivity contribution in [1.82, 2.24) is 0 Å². The smallest absolute Gasteiger partial charge is 0.0162 e. The first-order valence-electron chi connectivity index (χ1n) is 11.1. The van der Waals surface area contributed by atoms with Crippen LogP contribution in [0.2, 0.25) is 0 Å². The second-order valence-electron chi connectivity index (χ2n) is 8.59. The summed E-state index contributed by atoms with van der Waals surface area (Å²) < 4.78 is 0. The number of hydrogen-bond donors (Lipinski definition) is 0. The van der Waals surface area contributed by atoms with Crippen LogP contribution in [0.25, 0.3) is 0 Å². The van der Waals surface area contributed by atoms with Gasteiger partial charge in [-0.05, 0) is 80.2 Å². The molecule has 0 nitrogen and oxygen atoms in total. The maximum atomic E-state index is 2.59. The van der Waals surface area contributed by atoms with Gasteiger partial charge in [0.2, 0.25) is 0 Å². The van der Waals surface area contributed by atoms with Crippen molar-refractivity contribution in [3.63, 3.8) is 0 Å². The summed E-state index contributed by atoms with van der Waals surface area (Å²) in [6.07, 6.45) is 23.3. The Hall–Kier alpha value is -1.04. The first-order valence-corrected chi connectivity index (χ1v) is 11.1. The van der Waals surface area contributed by atoms with Gasteiger partial charge < -0.3 is 0 Å². The number of unbranched alkanes of at least 4 members (excludes halogenated alkanes) is 2. The maximum absolute atomic E-state index is 2.59. The van der Waals surface area contributed by atoms with Crippen LogP contribution in [0, 0.1) is 11.8 Å². The number of hydrogen-bond acceptors (Lipinski definition) is 0. The molecule has 3 rings (SSSR count). The zero-order valence-corrected chi connectivity index (χ0v) is 16.4. The number of rotatable bonds is 7. The zero-order chi connectivity index (χ0) is 17.3. The van der Waals surface area contributed by atoms with Crippen LogP contribution in [0.5, 0.6) is 0 Å². The van der Waals surface area contributed by atoms with Gasteiger partial charge in [0.25, 0.3) is 0 Å². The Morgan fingerprint density at radius 1 is 0.760 bits per heavy atom. The van der Waals surface area contributed by atoms with Gasteiger partial charge in [0.05, 0.1) is 0 Å². The Balaban J connectivity index is 1.43. The van der Waals surface area contributed by atoms with Crippen LogP contribution in [-0.2, 0) is 6.42 Å². The number of allylic oxidation sites excluding steroid dienone is 2. The van der Waals surface area contributed by atoms with Crippen molar-refractivity contribution < 1.29 is 0 Å². The van der Waals surface area contributed by atoms with Crippen molar-refractivity contribution in [2.24, 2.45) is 11.8 Å².